The smallest absolute Gasteiger partial charge is 0.220 e. The van der Waals surface area contributed by atoms with E-state index in [-0.39, 0.29) is 29.8 Å². The van der Waals surface area contributed by atoms with E-state index in [4.69, 9.17) is 5.73 Å². The van der Waals surface area contributed by atoms with Crippen LogP contribution < -0.4 is 11.1 Å². The fourth-order valence-corrected chi connectivity index (χ4v) is 3.88. The molecule has 1 atom stereocenters. The van der Waals surface area contributed by atoms with E-state index in [9.17, 15) is 13.2 Å². The van der Waals surface area contributed by atoms with Crippen molar-refractivity contribution in [3.63, 3.8) is 0 Å². The lowest BCUT2D eigenvalue weighted by atomic mass is 10.1. The number of rotatable bonds is 4. The van der Waals surface area contributed by atoms with Crippen LogP contribution in [0.4, 0.5) is 5.82 Å². The van der Waals surface area contributed by atoms with E-state index in [0.29, 0.717) is 18.8 Å². The van der Waals surface area contributed by atoms with Gasteiger partial charge in [0.05, 0.1) is 17.7 Å². The van der Waals surface area contributed by atoms with E-state index in [1.807, 2.05) is 0 Å². The summed E-state index contributed by atoms with van der Waals surface area (Å²) in [4.78, 5) is 11.6. The molecule has 1 aromatic heterocycles. The standard InChI is InChI=1S/C10H16N4O3S/c11-10-8(5-13-14-10)4-12-9(15)3-7-1-2-18(16,17)6-7/h5,7H,1-4,6H2,(H,12,15)(H3,11,13,14). The van der Waals surface area contributed by atoms with Crippen LogP contribution in [0, 0.1) is 5.92 Å². The van der Waals surface area contributed by atoms with Gasteiger partial charge in [-0.2, -0.15) is 5.10 Å². The van der Waals surface area contributed by atoms with Gasteiger partial charge in [-0.05, 0) is 12.3 Å². The molecule has 100 valence electrons. The summed E-state index contributed by atoms with van der Waals surface area (Å²) in [5.74, 6) is 0.529. The minimum atomic E-state index is -2.92. The van der Waals surface area contributed by atoms with Crippen molar-refractivity contribution in [2.75, 3.05) is 17.2 Å². The first-order chi connectivity index (χ1) is 8.46. The summed E-state index contributed by atoms with van der Waals surface area (Å²) in [5, 5.41) is 9.02. The Balaban J connectivity index is 1.78. The third-order valence-corrected chi connectivity index (χ3v) is 4.87. The average molecular weight is 272 g/mol. The number of nitrogens with two attached hydrogens (primary N) is 1. The van der Waals surface area contributed by atoms with E-state index in [2.05, 4.69) is 15.5 Å². The van der Waals surface area contributed by atoms with Crippen LogP contribution in [-0.4, -0.2) is 36.0 Å². The molecule has 0 aliphatic carbocycles. The van der Waals surface area contributed by atoms with Crippen LogP contribution >= 0.6 is 0 Å². The number of nitrogens with one attached hydrogen (secondary N) is 2. The molecule has 1 fully saturated rings. The first kappa shape index (κ1) is 12.9. The molecule has 8 heteroatoms. The molecule has 7 nitrogen and oxygen atoms in total. The Bertz CT molecular complexity index is 537. The maximum Gasteiger partial charge on any atom is 0.220 e. The topological polar surface area (TPSA) is 118 Å². The summed E-state index contributed by atoms with van der Waals surface area (Å²) in [5.41, 5.74) is 6.30. The second-order valence-corrected chi connectivity index (χ2v) is 6.79. The second-order valence-electron chi connectivity index (χ2n) is 4.56. The lowest BCUT2D eigenvalue weighted by molar-refractivity contribution is -0.122. The average Bonchev–Trinajstić information content (AvgIpc) is 2.82. The van der Waals surface area contributed by atoms with Gasteiger partial charge >= 0.3 is 0 Å². The van der Waals surface area contributed by atoms with Crippen molar-refractivity contribution in [1.29, 1.82) is 0 Å². The number of nitrogen functional groups attached to an aromatic ring is 1. The first-order valence-electron chi connectivity index (χ1n) is 5.71. The Morgan fingerprint density at radius 3 is 2.94 bits per heavy atom. The maximum atomic E-state index is 11.6. The Hall–Kier alpha value is -1.57. The number of anilines is 1. The monoisotopic (exact) mass is 272 g/mol. The molecule has 1 aliphatic heterocycles. The van der Waals surface area contributed by atoms with Crippen molar-refractivity contribution in [3.05, 3.63) is 11.8 Å². The molecule has 1 saturated heterocycles. The van der Waals surface area contributed by atoms with Crippen LogP contribution in [0.1, 0.15) is 18.4 Å². The summed E-state index contributed by atoms with van der Waals surface area (Å²) < 4.78 is 22.5. The molecule has 0 radical (unpaired) electrons. The van der Waals surface area contributed by atoms with Crippen molar-refractivity contribution in [1.82, 2.24) is 15.5 Å². The van der Waals surface area contributed by atoms with Crippen molar-refractivity contribution in [2.45, 2.75) is 19.4 Å². The number of nitrogens with zero attached hydrogens (tertiary/aromatic N) is 1. The van der Waals surface area contributed by atoms with Gasteiger partial charge in [0.25, 0.3) is 0 Å². The predicted octanol–water partition coefficient (Wildman–Crippen LogP) is -0.567. The summed E-state index contributed by atoms with van der Waals surface area (Å²) in [7, 11) is -2.92. The number of carbonyl (C=O) groups excluding carboxylic acids is 1. The highest BCUT2D eigenvalue weighted by molar-refractivity contribution is 7.91. The van der Waals surface area contributed by atoms with Gasteiger partial charge in [-0.25, -0.2) is 8.42 Å². The van der Waals surface area contributed by atoms with Gasteiger partial charge in [0.15, 0.2) is 9.84 Å². The van der Waals surface area contributed by atoms with Crippen LogP contribution in [0.3, 0.4) is 0 Å². The number of hydrogen-bond acceptors (Lipinski definition) is 5. The van der Waals surface area contributed by atoms with Gasteiger partial charge in [0.2, 0.25) is 5.91 Å². The van der Waals surface area contributed by atoms with Crippen molar-refractivity contribution in [3.8, 4) is 0 Å². The van der Waals surface area contributed by atoms with E-state index >= 15 is 0 Å². The molecular weight excluding hydrogens is 256 g/mol. The molecule has 0 saturated carbocycles. The zero-order valence-corrected chi connectivity index (χ0v) is 10.7. The molecule has 18 heavy (non-hydrogen) atoms. The largest absolute Gasteiger partial charge is 0.384 e. The second kappa shape index (κ2) is 4.97. The summed E-state index contributed by atoms with van der Waals surface area (Å²) in [6.07, 6.45) is 2.37. The Labute approximate surface area is 105 Å². The fraction of sp³-hybridized carbons (Fsp3) is 0.600. The summed E-state index contributed by atoms with van der Waals surface area (Å²) in [6.45, 7) is 0.306. The van der Waals surface area contributed by atoms with E-state index in [1.54, 1.807) is 6.20 Å². The Kier molecular flexibility index (Phi) is 3.55. The van der Waals surface area contributed by atoms with Crippen molar-refractivity contribution in [2.24, 2.45) is 5.92 Å². The molecular formula is C10H16N4O3S. The lowest BCUT2D eigenvalue weighted by Crippen LogP contribution is -2.25. The molecule has 2 rings (SSSR count). The minimum Gasteiger partial charge on any atom is -0.384 e. The molecule has 4 N–H and O–H groups in total. The van der Waals surface area contributed by atoms with E-state index in [1.165, 1.54) is 0 Å². The molecule has 1 amide bonds. The lowest BCUT2D eigenvalue weighted by Gasteiger charge is -2.08. The Morgan fingerprint density at radius 1 is 1.61 bits per heavy atom. The van der Waals surface area contributed by atoms with Crippen molar-refractivity contribution < 1.29 is 13.2 Å². The zero-order chi connectivity index (χ0) is 13.2. The molecule has 1 unspecified atom stereocenters. The zero-order valence-electron chi connectivity index (χ0n) is 9.85. The van der Waals surface area contributed by atoms with E-state index < -0.39 is 9.84 Å². The van der Waals surface area contributed by atoms with Gasteiger partial charge in [-0.1, -0.05) is 0 Å². The summed E-state index contributed by atoms with van der Waals surface area (Å²) in [6, 6.07) is 0. The number of sulfone groups is 1. The van der Waals surface area contributed by atoms with Crippen LogP contribution in [0.2, 0.25) is 0 Å². The van der Waals surface area contributed by atoms with Gasteiger partial charge in [0.1, 0.15) is 5.82 Å². The summed E-state index contributed by atoms with van der Waals surface area (Å²) >= 11 is 0. The molecule has 0 spiro atoms. The normalized spacial score (nSPS) is 21.9. The number of aromatic nitrogens is 2. The number of aromatic amines is 1. The first-order valence-corrected chi connectivity index (χ1v) is 7.53. The van der Waals surface area contributed by atoms with Crippen LogP contribution in [0.5, 0.6) is 0 Å². The Morgan fingerprint density at radius 2 is 2.39 bits per heavy atom. The SMILES string of the molecule is Nc1[nH]ncc1CNC(=O)CC1CCS(=O)(=O)C1. The highest BCUT2D eigenvalue weighted by atomic mass is 32.2. The predicted molar refractivity (Wildman–Crippen MR) is 66.2 cm³/mol. The fourth-order valence-electron chi connectivity index (χ4n) is 2.02. The van der Waals surface area contributed by atoms with Crippen LogP contribution in [0.15, 0.2) is 6.20 Å². The van der Waals surface area contributed by atoms with Gasteiger partial charge < -0.3 is 11.1 Å². The number of amides is 1. The highest BCUT2D eigenvalue weighted by Crippen LogP contribution is 2.21. The quantitative estimate of drug-likeness (QED) is 0.678. The number of carbonyl (C=O) groups is 1. The minimum absolute atomic E-state index is 0.0586. The maximum absolute atomic E-state index is 11.6. The van der Waals surface area contributed by atoms with Crippen LogP contribution in [-0.2, 0) is 21.2 Å². The van der Waals surface area contributed by atoms with Crippen LogP contribution in [0.25, 0.3) is 0 Å². The third kappa shape index (κ3) is 3.22. The van der Waals surface area contributed by atoms with Crippen molar-refractivity contribution >= 4 is 21.6 Å². The molecule has 1 aliphatic rings. The van der Waals surface area contributed by atoms with Gasteiger partial charge in [-0.3, -0.25) is 9.89 Å². The molecule has 0 aromatic carbocycles. The highest BCUT2D eigenvalue weighted by Gasteiger charge is 2.29. The molecule has 0 bridgehead atoms. The number of hydrogen-bond donors (Lipinski definition) is 3. The van der Waals surface area contributed by atoms with Gasteiger partial charge in [-0.15, -0.1) is 0 Å². The molecule has 1 aromatic rings. The third-order valence-electron chi connectivity index (χ3n) is 3.03. The van der Waals surface area contributed by atoms with E-state index in [0.717, 1.165) is 5.56 Å². The molecule has 2 heterocycles. The number of H-pyrrole nitrogens is 1. The van der Waals surface area contributed by atoms with Gasteiger partial charge in [0, 0.05) is 18.5 Å².